The minimum absolute atomic E-state index is 0.281. The van der Waals surface area contributed by atoms with Crippen molar-refractivity contribution < 1.29 is 9.18 Å². The molecule has 1 aromatic carbocycles. The van der Waals surface area contributed by atoms with Gasteiger partial charge in [0.2, 0.25) is 0 Å². The van der Waals surface area contributed by atoms with E-state index in [0.717, 1.165) is 17.7 Å². The van der Waals surface area contributed by atoms with Gasteiger partial charge in [-0.05, 0) is 43.3 Å². The highest BCUT2D eigenvalue weighted by atomic mass is 19.1. The Balaban J connectivity index is 2.57. The summed E-state index contributed by atoms with van der Waals surface area (Å²) < 4.78 is 14.5. The summed E-state index contributed by atoms with van der Waals surface area (Å²) in [4.78, 5) is 10.8. The van der Waals surface area contributed by atoms with Crippen molar-refractivity contribution in [2.75, 3.05) is 0 Å². The second kappa shape index (κ2) is 3.69. The van der Waals surface area contributed by atoms with Crippen molar-refractivity contribution in [3.05, 3.63) is 53.6 Å². The van der Waals surface area contributed by atoms with E-state index in [1.807, 2.05) is 13.0 Å². The third kappa shape index (κ3) is 1.68. The van der Waals surface area contributed by atoms with Crippen molar-refractivity contribution in [1.29, 1.82) is 0 Å². The molecule has 3 heteroatoms. The quantitative estimate of drug-likeness (QED) is 0.688. The third-order valence-corrected chi connectivity index (χ3v) is 2.31. The summed E-state index contributed by atoms with van der Waals surface area (Å²) in [5.74, 6) is -0.281. The van der Waals surface area contributed by atoms with Gasteiger partial charge in [0.05, 0.1) is 5.69 Å². The average Bonchev–Trinajstić information content (AvgIpc) is 2.61. The van der Waals surface area contributed by atoms with Crippen molar-refractivity contribution in [3.8, 4) is 5.69 Å². The Morgan fingerprint density at radius 2 is 1.80 bits per heavy atom. The first-order chi connectivity index (χ1) is 7.22. The molecule has 0 amide bonds. The zero-order valence-corrected chi connectivity index (χ0v) is 8.27. The van der Waals surface area contributed by atoms with Crippen LogP contribution in [-0.2, 0) is 0 Å². The maximum Gasteiger partial charge on any atom is 0.166 e. The standard InChI is InChI=1S/C12H10FNO/c1-9-2-5-12(8-15)14(9)11-6-3-10(13)4-7-11/h2-8H,1H3. The van der Waals surface area contributed by atoms with E-state index in [1.165, 1.54) is 12.1 Å². The smallest absolute Gasteiger partial charge is 0.166 e. The maximum atomic E-state index is 12.7. The monoisotopic (exact) mass is 203 g/mol. The molecule has 0 atom stereocenters. The molecule has 0 aliphatic heterocycles. The average molecular weight is 203 g/mol. The molecular formula is C12H10FNO. The lowest BCUT2D eigenvalue weighted by molar-refractivity contribution is 0.111. The van der Waals surface area contributed by atoms with Crippen LogP contribution in [0.25, 0.3) is 5.69 Å². The highest BCUT2D eigenvalue weighted by Gasteiger charge is 2.05. The van der Waals surface area contributed by atoms with Gasteiger partial charge in [0.1, 0.15) is 5.82 Å². The summed E-state index contributed by atoms with van der Waals surface area (Å²) in [6.07, 6.45) is 0.788. The second-order valence-electron chi connectivity index (χ2n) is 3.33. The van der Waals surface area contributed by atoms with Gasteiger partial charge < -0.3 is 4.57 Å². The molecule has 0 unspecified atom stereocenters. The number of carbonyl (C=O) groups is 1. The normalized spacial score (nSPS) is 10.3. The molecule has 2 rings (SSSR count). The van der Waals surface area contributed by atoms with Crippen LogP contribution in [-0.4, -0.2) is 10.9 Å². The van der Waals surface area contributed by atoms with Gasteiger partial charge in [-0.25, -0.2) is 4.39 Å². The number of halogens is 1. The lowest BCUT2D eigenvalue weighted by Gasteiger charge is -2.07. The van der Waals surface area contributed by atoms with Crippen LogP contribution in [0.3, 0.4) is 0 Å². The van der Waals surface area contributed by atoms with Crippen LogP contribution in [0.4, 0.5) is 4.39 Å². The minimum Gasteiger partial charge on any atom is -0.311 e. The van der Waals surface area contributed by atoms with E-state index < -0.39 is 0 Å². The first kappa shape index (κ1) is 9.65. The summed E-state index contributed by atoms with van der Waals surface area (Å²) in [5, 5.41) is 0. The van der Waals surface area contributed by atoms with Gasteiger partial charge in [-0.15, -0.1) is 0 Å². The predicted octanol–water partition coefficient (Wildman–Crippen LogP) is 2.74. The Kier molecular flexibility index (Phi) is 2.37. The number of nitrogens with zero attached hydrogens (tertiary/aromatic N) is 1. The topological polar surface area (TPSA) is 22.0 Å². The molecule has 0 aliphatic carbocycles. The number of hydrogen-bond acceptors (Lipinski definition) is 1. The largest absolute Gasteiger partial charge is 0.311 e. The lowest BCUT2D eigenvalue weighted by atomic mass is 10.3. The van der Waals surface area contributed by atoms with E-state index in [2.05, 4.69) is 0 Å². The minimum atomic E-state index is -0.281. The van der Waals surface area contributed by atoms with E-state index in [0.29, 0.717) is 5.69 Å². The van der Waals surface area contributed by atoms with Crippen LogP contribution < -0.4 is 0 Å². The lowest BCUT2D eigenvalue weighted by Crippen LogP contribution is -2.00. The Bertz CT molecular complexity index is 485. The number of carbonyl (C=O) groups excluding carboxylic acids is 1. The summed E-state index contributed by atoms with van der Waals surface area (Å²) in [6, 6.07) is 9.65. The van der Waals surface area contributed by atoms with Crippen molar-refractivity contribution in [3.63, 3.8) is 0 Å². The molecule has 15 heavy (non-hydrogen) atoms. The van der Waals surface area contributed by atoms with E-state index in [4.69, 9.17) is 0 Å². The number of rotatable bonds is 2. The van der Waals surface area contributed by atoms with Gasteiger partial charge in [-0.3, -0.25) is 4.79 Å². The van der Waals surface area contributed by atoms with Crippen LogP contribution in [0.2, 0.25) is 0 Å². The summed E-state index contributed by atoms with van der Waals surface area (Å²) in [7, 11) is 0. The second-order valence-corrected chi connectivity index (χ2v) is 3.33. The summed E-state index contributed by atoms with van der Waals surface area (Å²) in [6.45, 7) is 1.90. The molecule has 0 bridgehead atoms. The molecule has 0 radical (unpaired) electrons. The van der Waals surface area contributed by atoms with E-state index in [1.54, 1.807) is 22.8 Å². The number of aldehydes is 1. The molecule has 0 spiro atoms. The van der Waals surface area contributed by atoms with Crippen molar-refractivity contribution in [2.45, 2.75) is 6.92 Å². The Hall–Kier alpha value is -1.90. The molecule has 0 saturated heterocycles. The van der Waals surface area contributed by atoms with Crippen molar-refractivity contribution in [1.82, 2.24) is 4.57 Å². The molecule has 76 valence electrons. The number of benzene rings is 1. The SMILES string of the molecule is Cc1ccc(C=O)n1-c1ccc(F)cc1. The van der Waals surface area contributed by atoms with Crippen LogP contribution in [0.5, 0.6) is 0 Å². The Morgan fingerprint density at radius 1 is 1.13 bits per heavy atom. The fraction of sp³-hybridized carbons (Fsp3) is 0.0833. The van der Waals surface area contributed by atoms with Gasteiger partial charge in [0.25, 0.3) is 0 Å². The summed E-state index contributed by atoms with van der Waals surface area (Å²) in [5.41, 5.74) is 2.31. The van der Waals surface area contributed by atoms with E-state index in [9.17, 15) is 9.18 Å². The number of aromatic nitrogens is 1. The van der Waals surface area contributed by atoms with Gasteiger partial charge in [0, 0.05) is 11.4 Å². The fourth-order valence-electron chi connectivity index (χ4n) is 1.59. The molecule has 2 aromatic rings. The molecule has 2 nitrogen and oxygen atoms in total. The van der Waals surface area contributed by atoms with Gasteiger partial charge >= 0.3 is 0 Å². The third-order valence-electron chi connectivity index (χ3n) is 2.31. The molecule has 1 heterocycles. The Labute approximate surface area is 87.0 Å². The number of aryl methyl sites for hydroxylation is 1. The van der Waals surface area contributed by atoms with Gasteiger partial charge in [-0.2, -0.15) is 0 Å². The van der Waals surface area contributed by atoms with Crippen LogP contribution in [0.15, 0.2) is 36.4 Å². The highest BCUT2D eigenvalue weighted by molar-refractivity contribution is 5.74. The number of hydrogen-bond donors (Lipinski definition) is 0. The highest BCUT2D eigenvalue weighted by Crippen LogP contribution is 2.15. The van der Waals surface area contributed by atoms with Crippen LogP contribution in [0.1, 0.15) is 16.2 Å². The fourth-order valence-corrected chi connectivity index (χ4v) is 1.59. The van der Waals surface area contributed by atoms with E-state index in [-0.39, 0.29) is 5.82 Å². The van der Waals surface area contributed by atoms with E-state index >= 15 is 0 Å². The first-order valence-corrected chi connectivity index (χ1v) is 4.62. The summed E-state index contributed by atoms with van der Waals surface area (Å²) >= 11 is 0. The molecule has 0 N–H and O–H groups in total. The molecule has 0 aliphatic rings. The zero-order chi connectivity index (χ0) is 10.8. The van der Waals surface area contributed by atoms with Crippen LogP contribution >= 0.6 is 0 Å². The predicted molar refractivity (Wildman–Crippen MR) is 55.9 cm³/mol. The molecular weight excluding hydrogens is 193 g/mol. The van der Waals surface area contributed by atoms with Crippen molar-refractivity contribution >= 4 is 6.29 Å². The Morgan fingerprint density at radius 3 is 2.40 bits per heavy atom. The molecule has 0 fully saturated rings. The van der Waals surface area contributed by atoms with Crippen LogP contribution in [0, 0.1) is 12.7 Å². The van der Waals surface area contributed by atoms with Crippen molar-refractivity contribution in [2.24, 2.45) is 0 Å². The maximum absolute atomic E-state index is 12.7. The van der Waals surface area contributed by atoms with Gasteiger partial charge in [-0.1, -0.05) is 0 Å². The zero-order valence-electron chi connectivity index (χ0n) is 8.27. The molecule has 0 saturated carbocycles. The molecule has 1 aromatic heterocycles. The van der Waals surface area contributed by atoms with Gasteiger partial charge in [0.15, 0.2) is 6.29 Å². The first-order valence-electron chi connectivity index (χ1n) is 4.62.